The van der Waals surface area contributed by atoms with Crippen LogP contribution in [0.3, 0.4) is 0 Å². The van der Waals surface area contributed by atoms with E-state index in [1.807, 2.05) is 37.3 Å². The average molecular weight is 375 g/mol. The molecule has 2 N–H and O–H groups in total. The Hall–Kier alpha value is -2.66. The van der Waals surface area contributed by atoms with Gasteiger partial charge in [-0.05, 0) is 18.1 Å². The molecule has 0 saturated carbocycles. The van der Waals surface area contributed by atoms with E-state index in [9.17, 15) is 4.79 Å². The molecule has 0 aliphatic carbocycles. The molecule has 2 aromatic rings. The molecular formula is C20H23ClN2O3. The number of carbonyl (C=O) groups excluding carboxylic acids is 1. The first-order chi connectivity index (χ1) is 12.5. The summed E-state index contributed by atoms with van der Waals surface area (Å²) in [6.45, 7) is 6.84. The van der Waals surface area contributed by atoms with Gasteiger partial charge < -0.3 is 20.1 Å². The van der Waals surface area contributed by atoms with Gasteiger partial charge in [-0.3, -0.25) is 0 Å². The molecule has 6 heteroatoms. The molecule has 2 aromatic carbocycles. The molecule has 2 amide bonds. The van der Waals surface area contributed by atoms with Crippen LogP contribution < -0.4 is 20.1 Å². The first kappa shape index (κ1) is 19.7. The molecule has 0 radical (unpaired) electrons. The van der Waals surface area contributed by atoms with E-state index >= 15 is 0 Å². The van der Waals surface area contributed by atoms with Crippen molar-refractivity contribution < 1.29 is 14.3 Å². The van der Waals surface area contributed by atoms with Gasteiger partial charge in [0, 0.05) is 23.9 Å². The molecule has 0 fully saturated rings. The maximum atomic E-state index is 11.8. The van der Waals surface area contributed by atoms with E-state index in [1.165, 1.54) is 0 Å². The van der Waals surface area contributed by atoms with Gasteiger partial charge in [-0.1, -0.05) is 55.4 Å². The number of methoxy groups -OCH3 is 1. The number of hydrogen-bond donors (Lipinski definition) is 2. The molecule has 0 aliphatic rings. The number of nitrogens with one attached hydrogen (secondary N) is 2. The summed E-state index contributed by atoms with van der Waals surface area (Å²) in [6, 6.07) is 12.8. The lowest BCUT2D eigenvalue weighted by Gasteiger charge is -2.16. The van der Waals surface area contributed by atoms with Crippen molar-refractivity contribution in [3.05, 3.63) is 65.2 Å². The van der Waals surface area contributed by atoms with E-state index in [0.29, 0.717) is 40.9 Å². The van der Waals surface area contributed by atoms with Crippen molar-refractivity contribution in [2.75, 3.05) is 13.7 Å². The molecule has 0 bridgehead atoms. The maximum Gasteiger partial charge on any atom is 0.319 e. The second-order valence-corrected chi connectivity index (χ2v) is 6.02. The van der Waals surface area contributed by atoms with Gasteiger partial charge >= 0.3 is 6.03 Å². The van der Waals surface area contributed by atoms with Crippen molar-refractivity contribution in [1.82, 2.24) is 10.6 Å². The molecule has 26 heavy (non-hydrogen) atoms. The quantitative estimate of drug-likeness (QED) is 0.709. The summed E-state index contributed by atoms with van der Waals surface area (Å²) in [6.07, 6.45) is 0.848. The molecule has 0 spiro atoms. The van der Waals surface area contributed by atoms with Crippen LogP contribution >= 0.6 is 11.6 Å². The Morgan fingerprint density at radius 1 is 1.19 bits per heavy atom. The molecule has 0 aromatic heterocycles. The summed E-state index contributed by atoms with van der Waals surface area (Å²) in [7, 11) is 1.55. The van der Waals surface area contributed by atoms with Crippen molar-refractivity contribution in [2.24, 2.45) is 0 Å². The average Bonchev–Trinajstić information content (AvgIpc) is 2.65. The summed E-state index contributed by atoms with van der Waals surface area (Å²) >= 11 is 6.31. The molecule has 2 rings (SSSR count). The topological polar surface area (TPSA) is 59.6 Å². The van der Waals surface area contributed by atoms with Gasteiger partial charge in [0.25, 0.3) is 0 Å². The Morgan fingerprint density at radius 2 is 1.92 bits per heavy atom. The highest BCUT2D eigenvalue weighted by molar-refractivity contribution is 6.32. The van der Waals surface area contributed by atoms with Crippen LogP contribution in [-0.4, -0.2) is 19.7 Å². The van der Waals surface area contributed by atoms with Crippen LogP contribution in [0.5, 0.6) is 11.5 Å². The summed E-state index contributed by atoms with van der Waals surface area (Å²) in [5.41, 5.74) is 1.99. The van der Waals surface area contributed by atoms with Gasteiger partial charge in [-0.25, -0.2) is 4.79 Å². The van der Waals surface area contributed by atoms with Gasteiger partial charge in [-0.2, -0.15) is 0 Å². The lowest BCUT2D eigenvalue weighted by atomic mass is 10.1. The zero-order chi connectivity index (χ0) is 18.9. The number of amides is 2. The standard InChI is InChI=1S/C20H23ClN2O3/c1-4-10-22-20(24)23-14(2)16-11-19(18(25-3)12-17(16)21)26-13-15-8-6-5-7-9-15/h5-9,11-12H,2,4,10,13H2,1,3H3,(H2,22,23,24). The fourth-order valence-electron chi connectivity index (χ4n) is 2.26. The summed E-state index contributed by atoms with van der Waals surface area (Å²) in [5, 5.41) is 5.82. The predicted octanol–water partition coefficient (Wildman–Crippen LogP) is 4.61. The SMILES string of the molecule is C=C(NC(=O)NCCC)c1cc(OCc2ccccc2)c(OC)cc1Cl. The highest BCUT2D eigenvalue weighted by Crippen LogP contribution is 2.35. The van der Waals surface area contributed by atoms with Gasteiger partial charge in [0.05, 0.1) is 12.1 Å². The number of halogens is 1. The minimum absolute atomic E-state index is 0.324. The van der Waals surface area contributed by atoms with E-state index in [0.717, 1.165) is 12.0 Å². The van der Waals surface area contributed by atoms with Gasteiger partial charge in [0.2, 0.25) is 0 Å². The van der Waals surface area contributed by atoms with Crippen LogP contribution in [0.1, 0.15) is 24.5 Å². The van der Waals surface area contributed by atoms with Crippen molar-refractivity contribution >= 4 is 23.3 Å². The van der Waals surface area contributed by atoms with E-state index in [4.69, 9.17) is 21.1 Å². The predicted molar refractivity (Wildman–Crippen MR) is 105 cm³/mol. The normalized spacial score (nSPS) is 10.1. The third kappa shape index (κ3) is 5.43. The second-order valence-electron chi connectivity index (χ2n) is 5.62. The zero-order valence-corrected chi connectivity index (χ0v) is 15.7. The first-order valence-electron chi connectivity index (χ1n) is 8.33. The number of carbonyl (C=O) groups is 1. The van der Waals surface area contributed by atoms with Gasteiger partial charge in [0.15, 0.2) is 11.5 Å². The molecule has 5 nitrogen and oxygen atoms in total. The number of rotatable bonds is 8. The van der Waals surface area contributed by atoms with Crippen molar-refractivity contribution in [2.45, 2.75) is 20.0 Å². The number of urea groups is 1. The summed E-state index contributed by atoms with van der Waals surface area (Å²) < 4.78 is 11.2. The fourth-order valence-corrected chi connectivity index (χ4v) is 2.53. The Balaban J connectivity index is 2.16. The van der Waals surface area contributed by atoms with Crippen LogP contribution in [0.2, 0.25) is 5.02 Å². The Kier molecular flexibility index (Phi) is 7.36. The van der Waals surface area contributed by atoms with Crippen LogP contribution in [0.15, 0.2) is 49.0 Å². The van der Waals surface area contributed by atoms with Crippen LogP contribution in [0.4, 0.5) is 4.79 Å². The zero-order valence-electron chi connectivity index (χ0n) is 15.0. The second kappa shape index (κ2) is 9.73. The Morgan fingerprint density at radius 3 is 2.58 bits per heavy atom. The van der Waals surface area contributed by atoms with Crippen molar-refractivity contribution in [1.29, 1.82) is 0 Å². The molecule has 0 saturated heterocycles. The van der Waals surface area contributed by atoms with E-state index in [1.54, 1.807) is 19.2 Å². The smallest absolute Gasteiger partial charge is 0.319 e. The molecule has 138 valence electrons. The molecule has 0 aliphatic heterocycles. The van der Waals surface area contributed by atoms with Crippen molar-refractivity contribution in [3.63, 3.8) is 0 Å². The van der Waals surface area contributed by atoms with Crippen LogP contribution in [-0.2, 0) is 6.61 Å². The Bertz CT molecular complexity index is 763. The molecular weight excluding hydrogens is 352 g/mol. The van der Waals surface area contributed by atoms with E-state index in [2.05, 4.69) is 17.2 Å². The molecule has 0 heterocycles. The third-order valence-corrected chi connectivity index (χ3v) is 3.93. The fraction of sp³-hybridized carbons (Fsp3) is 0.250. The maximum absolute atomic E-state index is 11.8. The number of hydrogen-bond acceptors (Lipinski definition) is 3. The third-order valence-electron chi connectivity index (χ3n) is 3.62. The first-order valence-corrected chi connectivity index (χ1v) is 8.71. The van der Waals surface area contributed by atoms with E-state index in [-0.39, 0.29) is 6.03 Å². The van der Waals surface area contributed by atoms with E-state index < -0.39 is 0 Å². The largest absolute Gasteiger partial charge is 0.493 e. The van der Waals surface area contributed by atoms with Crippen LogP contribution in [0, 0.1) is 0 Å². The lowest BCUT2D eigenvalue weighted by molar-refractivity contribution is 0.244. The number of benzene rings is 2. The monoisotopic (exact) mass is 374 g/mol. The van der Waals surface area contributed by atoms with Gasteiger partial charge in [-0.15, -0.1) is 0 Å². The Labute approximate surface area is 159 Å². The molecule has 0 atom stereocenters. The highest BCUT2D eigenvalue weighted by atomic mass is 35.5. The molecule has 0 unspecified atom stereocenters. The highest BCUT2D eigenvalue weighted by Gasteiger charge is 2.14. The van der Waals surface area contributed by atoms with Crippen molar-refractivity contribution in [3.8, 4) is 11.5 Å². The lowest BCUT2D eigenvalue weighted by Crippen LogP contribution is -2.34. The van der Waals surface area contributed by atoms with Gasteiger partial charge in [0.1, 0.15) is 6.61 Å². The minimum atomic E-state index is -0.324. The number of ether oxygens (including phenoxy) is 2. The van der Waals surface area contributed by atoms with Crippen LogP contribution in [0.25, 0.3) is 5.70 Å². The summed E-state index contributed by atoms with van der Waals surface area (Å²) in [4.78, 5) is 11.8. The summed E-state index contributed by atoms with van der Waals surface area (Å²) in [5.74, 6) is 1.03. The minimum Gasteiger partial charge on any atom is -0.493 e.